The van der Waals surface area contributed by atoms with Crippen molar-refractivity contribution in [1.82, 2.24) is 0 Å². The molecular formula is C14H20N2O3S. The van der Waals surface area contributed by atoms with E-state index < -0.39 is 6.10 Å². The molecule has 2 rings (SSSR count). The van der Waals surface area contributed by atoms with E-state index >= 15 is 0 Å². The summed E-state index contributed by atoms with van der Waals surface area (Å²) in [7, 11) is 0. The van der Waals surface area contributed by atoms with Crippen LogP contribution in [-0.2, 0) is 0 Å². The largest absolute Gasteiger partial charge is 0.389 e. The summed E-state index contributed by atoms with van der Waals surface area (Å²) in [4.78, 5) is 13.1. The third-order valence-corrected chi connectivity index (χ3v) is 5.21. The molecule has 3 atom stereocenters. The topological polar surface area (TPSA) is 66.6 Å². The van der Waals surface area contributed by atoms with Crippen LogP contribution in [0.1, 0.15) is 32.4 Å². The molecule has 1 N–H and O–H groups in total. The Morgan fingerprint density at radius 1 is 1.50 bits per heavy atom. The van der Waals surface area contributed by atoms with E-state index in [1.165, 1.54) is 6.07 Å². The van der Waals surface area contributed by atoms with Gasteiger partial charge in [-0.25, -0.2) is 0 Å². The van der Waals surface area contributed by atoms with Crippen LogP contribution >= 0.6 is 11.8 Å². The van der Waals surface area contributed by atoms with Gasteiger partial charge in [-0.15, -0.1) is 0 Å². The molecule has 0 aliphatic carbocycles. The molecule has 1 aliphatic heterocycles. The highest BCUT2D eigenvalue weighted by Crippen LogP contribution is 2.36. The lowest BCUT2D eigenvalue weighted by Crippen LogP contribution is -2.45. The first-order valence-corrected chi connectivity index (χ1v) is 7.81. The van der Waals surface area contributed by atoms with Gasteiger partial charge in [-0.3, -0.25) is 10.1 Å². The van der Waals surface area contributed by atoms with Crippen molar-refractivity contribution in [3.05, 3.63) is 33.9 Å². The van der Waals surface area contributed by atoms with E-state index in [2.05, 4.69) is 18.7 Å². The van der Waals surface area contributed by atoms with E-state index in [0.717, 1.165) is 12.3 Å². The average Bonchev–Trinajstić information content (AvgIpc) is 2.41. The van der Waals surface area contributed by atoms with Crippen LogP contribution in [0.3, 0.4) is 0 Å². The van der Waals surface area contributed by atoms with E-state index in [-0.39, 0.29) is 16.7 Å². The highest BCUT2D eigenvalue weighted by Gasteiger charge is 2.30. The Hall–Kier alpha value is -1.27. The van der Waals surface area contributed by atoms with Gasteiger partial charge in [0.1, 0.15) is 5.69 Å². The number of nitro benzene ring substituents is 1. The van der Waals surface area contributed by atoms with Crippen LogP contribution in [0.5, 0.6) is 0 Å². The number of aliphatic hydroxyl groups is 1. The molecule has 1 aromatic rings. The van der Waals surface area contributed by atoms with Crippen LogP contribution < -0.4 is 4.90 Å². The summed E-state index contributed by atoms with van der Waals surface area (Å²) in [6.07, 6.45) is -0.698. The molecule has 110 valence electrons. The number of rotatable bonds is 3. The second-order valence-electron chi connectivity index (χ2n) is 5.19. The highest BCUT2D eigenvalue weighted by molar-refractivity contribution is 8.00. The van der Waals surface area contributed by atoms with Crippen LogP contribution in [0.2, 0.25) is 0 Å². The van der Waals surface area contributed by atoms with Crippen LogP contribution in [0, 0.1) is 10.1 Å². The second kappa shape index (κ2) is 6.01. The predicted octanol–water partition coefficient (Wildman–Crippen LogP) is 2.98. The lowest BCUT2D eigenvalue weighted by molar-refractivity contribution is -0.384. The number of benzene rings is 1. The summed E-state index contributed by atoms with van der Waals surface area (Å²) in [6, 6.07) is 5.27. The number of anilines is 1. The van der Waals surface area contributed by atoms with Crippen molar-refractivity contribution in [2.24, 2.45) is 0 Å². The minimum Gasteiger partial charge on any atom is -0.389 e. The first kappa shape index (κ1) is 15.1. The number of thioether (sulfide) groups is 1. The van der Waals surface area contributed by atoms with E-state index in [1.807, 2.05) is 11.8 Å². The van der Waals surface area contributed by atoms with Crippen molar-refractivity contribution in [1.29, 1.82) is 0 Å². The number of nitro groups is 1. The first-order valence-electron chi connectivity index (χ1n) is 6.76. The van der Waals surface area contributed by atoms with Crippen molar-refractivity contribution >= 4 is 23.1 Å². The summed E-state index contributed by atoms with van der Waals surface area (Å²) in [5.41, 5.74) is 1.31. The molecule has 1 fully saturated rings. The maximum absolute atomic E-state index is 11.3. The Balaban J connectivity index is 2.42. The monoisotopic (exact) mass is 296 g/mol. The van der Waals surface area contributed by atoms with Gasteiger partial charge < -0.3 is 10.0 Å². The third-order valence-electron chi connectivity index (χ3n) is 3.87. The minimum atomic E-state index is -0.698. The summed E-state index contributed by atoms with van der Waals surface area (Å²) < 4.78 is 0. The van der Waals surface area contributed by atoms with Gasteiger partial charge in [0.05, 0.1) is 11.0 Å². The van der Waals surface area contributed by atoms with E-state index in [4.69, 9.17) is 0 Å². The van der Waals surface area contributed by atoms with Gasteiger partial charge in [0.2, 0.25) is 0 Å². The molecule has 2 unspecified atom stereocenters. The summed E-state index contributed by atoms with van der Waals surface area (Å²) in [5, 5.41) is 21.3. The van der Waals surface area contributed by atoms with Crippen molar-refractivity contribution in [3.8, 4) is 0 Å². The fourth-order valence-electron chi connectivity index (χ4n) is 2.46. The van der Waals surface area contributed by atoms with E-state index in [9.17, 15) is 15.2 Å². The SMILES string of the molecule is CC1SCCN(c2ccc([C@@H](C)O)cc2[N+](=O)[O-])C1C. The Morgan fingerprint density at radius 2 is 2.20 bits per heavy atom. The molecule has 1 aliphatic rings. The van der Waals surface area contributed by atoms with Gasteiger partial charge in [0.25, 0.3) is 5.69 Å². The van der Waals surface area contributed by atoms with Crippen molar-refractivity contribution in [2.45, 2.75) is 38.2 Å². The fourth-order valence-corrected chi connectivity index (χ4v) is 3.56. The summed E-state index contributed by atoms with van der Waals surface area (Å²) in [6.45, 7) is 6.67. The molecule has 1 aromatic carbocycles. The lowest BCUT2D eigenvalue weighted by Gasteiger charge is -2.38. The Bertz CT molecular complexity index is 507. The molecule has 1 saturated heterocycles. The van der Waals surface area contributed by atoms with E-state index in [0.29, 0.717) is 16.5 Å². The van der Waals surface area contributed by atoms with Crippen molar-refractivity contribution in [3.63, 3.8) is 0 Å². The summed E-state index contributed by atoms with van der Waals surface area (Å²) >= 11 is 1.90. The molecule has 5 nitrogen and oxygen atoms in total. The number of nitrogens with zero attached hydrogens (tertiary/aromatic N) is 2. The third kappa shape index (κ3) is 2.91. The molecule has 0 spiro atoms. The number of hydrogen-bond donors (Lipinski definition) is 1. The first-order chi connectivity index (χ1) is 9.41. The molecule has 6 heteroatoms. The minimum absolute atomic E-state index is 0.0781. The number of hydrogen-bond acceptors (Lipinski definition) is 5. The van der Waals surface area contributed by atoms with Crippen LogP contribution in [0.4, 0.5) is 11.4 Å². The van der Waals surface area contributed by atoms with Crippen LogP contribution in [-0.4, -0.2) is 33.6 Å². The quantitative estimate of drug-likeness (QED) is 0.686. The normalized spacial score (nSPS) is 24.5. The van der Waals surface area contributed by atoms with E-state index in [1.54, 1.807) is 19.1 Å². The van der Waals surface area contributed by atoms with Crippen LogP contribution in [0.25, 0.3) is 0 Å². The molecule has 0 radical (unpaired) electrons. The fraction of sp³-hybridized carbons (Fsp3) is 0.571. The predicted molar refractivity (Wildman–Crippen MR) is 82.5 cm³/mol. The van der Waals surface area contributed by atoms with Gasteiger partial charge in [0.15, 0.2) is 0 Å². The Labute approximate surface area is 123 Å². The highest BCUT2D eigenvalue weighted by atomic mass is 32.2. The molecule has 0 amide bonds. The zero-order valence-corrected chi connectivity index (χ0v) is 12.8. The van der Waals surface area contributed by atoms with Gasteiger partial charge >= 0.3 is 0 Å². The Kier molecular flexibility index (Phi) is 4.55. The van der Waals surface area contributed by atoms with Gasteiger partial charge in [-0.1, -0.05) is 13.0 Å². The molecule has 0 aromatic heterocycles. The maximum atomic E-state index is 11.3. The lowest BCUT2D eigenvalue weighted by atomic mass is 10.1. The van der Waals surface area contributed by atoms with Crippen LogP contribution in [0.15, 0.2) is 18.2 Å². The molecule has 1 heterocycles. The summed E-state index contributed by atoms with van der Waals surface area (Å²) in [5.74, 6) is 0.973. The smallest absolute Gasteiger partial charge is 0.292 e. The van der Waals surface area contributed by atoms with Gasteiger partial charge in [0, 0.05) is 29.7 Å². The Morgan fingerprint density at radius 3 is 2.80 bits per heavy atom. The maximum Gasteiger partial charge on any atom is 0.292 e. The molecule has 0 saturated carbocycles. The van der Waals surface area contributed by atoms with Crippen molar-refractivity contribution in [2.75, 3.05) is 17.2 Å². The zero-order chi connectivity index (χ0) is 14.9. The zero-order valence-electron chi connectivity index (χ0n) is 11.9. The molecule has 0 bridgehead atoms. The average molecular weight is 296 g/mol. The molecule has 20 heavy (non-hydrogen) atoms. The molecular weight excluding hydrogens is 276 g/mol. The van der Waals surface area contributed by atoms with Crippen molar-refractivity contribution < 1.29 is 10.0 Å². The van der Waals surface area contributed by atoms with Gasteiger partial charge in [-0.2, -0.15) is 11.8 Å². The van der Waals surface area contributed by atoms with Gasteiger partial charge in [-0.05, 0) is 25.5 Å². The standard InChI is InChI=1S/C14H20N2O3S/c1-9-11(3)20-7-6-15(9)13-5-4-12(10(2)17)8-14(13)16(18)19/h4-5,8-11,17H,6-7H2,1-3H3/t9?,10-,11?/m1/s1. The number of aliphatic hydroxyl groups excluding tert-OH is 1. The second-order valence-corrected chi connectivity index (χ2v) is 6.68.